The van der Waals surface area contributed by atoms with E-state index in [1.807, 2.05) is 49.4 Å². The van der Waals surface area contributed by atoms with Crippen molar-refractivity contribution in [1.82, 2.24) is 10.3 Å². The van der Waals surface area contributed by atoms with E-state index in [1.54, 1.807) is 0 Å². The van der Waals surface area contributed by atoms with Gasteiger partial charge in [0.25, 0.3) is 5.91 Å². The molecule has 0 aliphatic carbocycles. The summed E-state index contributed by atoms with van der Waals surface area (Å²) in [6.07, 6.45) is 2.16. The highest BCUT2D eigenvalue weighted by Gasteiger charge is 2.04. The molecule has 0 saturated carbocycles. The van der Waals surface area contributed by atoms with Gasteiger partial charge in [0.15, 0.2) is 18.6 Å². The Bertz CT molecular complexity index is 793. The van der Waals surface area contributed by atoms with Crippen LogP contribution >= 0.6 is 0 Å². The average molecular weight is 310 g/mol. The summed E-state index contributed by atoms with van der Waals surface area (Å²) in [5.74, 6) is 0.563. The van der Waals surface area contributed by atoms with E-state index in [0.717, 1.165) is 28.6 Å². The monoisotopic (exact) mass is 310 g/mol. The van der Waals surface area contributed by atoms with Gasteiger partial charge in [0.05, 0.1) is 0 Å². The lowest BCUT2D eigenvalue weighted by molar-refractivity contribution is -0.123. The molecule has 1 heterocycles. The van der Waals surface area contributed by atoms with Crippen LogP contribution in [0.5, 0.6) is 5.75 Å². The molecule has 0 aliphatic heterocycles. The maximum absolute atomic E-state index is 11.8. The van der Waals surface area contributed by atoms with Crippen molar-refractivity contribution in [3.63, 3.8) is 0 Å². The van der Waals surface area contributed by atoms with E-state index in [9.17, 15) is 4.79 Å². The molecular formula is C18H18N2O3. The molecule has 1 N–H and O–H groups in total. The predicted molar refractivity (Wildman–Crippen MR) is 87.4 cm³/mol. The summed E-state index contributed by atoms with van der Waals surface area (Å²) >= 11 is 0. The van der Waals surface area contributed by atoms with Gasteiger partial charge >= 0.3 is 0 Å². The second kappa shape index (κ2) is 6.96. The number of oxazole rings is 1. The van der Waals surface area contributed by atoms with Crippen molar-refractivity contribution in [3.8, 4) is 5.75 Å². The molecule has 0 atom stereocenters. The fourth-order valence-electron chi connectivity index (χ4n) is 2.24. The second-order valence-corrected chi connectivity index (χ2v) is 5.36. The van der Waals surface area contributed by atoms with Gasteiger partial charge in [-0.25, -0.2) is 4.98 Å². The lowest BCUT2D eigenvalue weighted by Gasteiger charge is -2.08. The van der Waals surface area contributed by atoms with Crippen molar-refractivity contribution < 1.29 is 13.9 Å². The van der Waals surface area contributed by atoms with Crippen LogP contribution in [0.2, 0.25) is 0 Å². The zero-order valence-electron chi connectivity index (χ0n) is 12.9. The van der Waals surface area contributed by atoms with Gasteiger partial charge in [-0.1, -0.05) is 23.8 Å². The van der Waals surface area contributed by atoms with Crippen LogP contribution in [0, 0.1) is 6.92 Å². The summed E-state index contributed by atoms with van der Waals surface area (Å²) in [4.78, 5) is 15.9. The number of carbonyl (C=O) groups is 1. The smallest absolute Gasteiger partial charge is 0.257 e. The van der Waals surface area contributed by atoms with Crippen LogP contribution in [0.25, 0.3) is 11.1 Å². The highest BCUT2D eigenvalue weighted by atomic mass is 16.5. The van der Waals surface area contributed by atoms with Crippen molar-refractivity contribution >= 4 is 17.0 Å². The van der Waals surface area contributed by atoms with E-state index in [0.29, 0.717) is 12.3 Å². The molecular weight excluding hydrogens is 292 g/mol. The Morgan fingerprint density at radius 3 is 2.87 bits per heavy atom. The van der Waals surface area contributed by atoms with Gasteiger partial charge in [-0.2, -0.15) is 0 Å². The van der Waals surface area contributed by atoms with E-state index in [1.165, 1.54) is 6.39 Å². The lowest BCUT2D eigenvalue weighted by Crippen LogP contribution is -2.30. The molecule has 1 amide bonds. The second-order valence-electron chi connectivity index (χ2n) is 5.36. The number of benzene rings is 2. The number of fused-ring (bicyclic) bond motifs is 1. The van der Waals surface area contributed by atoms with Crippen LogP contribution < -0.4 is 10.1 Å². The third kappa shape index (κ3) is 4.10. The van der Waals surface area contributed by atoms with Crippen LogP contribution in [0.4, 0.5) is 0 Å². The highest BCUT2D eigenvalue weighted by molar-refractivity contribution is 5.77. The Kier molecular flexibility index (Phi) is 4.57. The quantitative estimate of drug-likeness (QED) is 0.760. The minimum atomic E-state index is -0.133. The first kappa shape index (κ1) is 15.1. The van der Waals surface area contributed by atoms with Crippen LogP contribution in [-0.4, -0.2) is 24.0 Å². The highest BCUT2D eigenvalue weighted by Crippen LogP contribution is 2.14. The summed E-state index contributed by atoms with van der Waals surface area (Å²) in [6.45, 7) is 2.58. The molecule has 0 spiro atoms. The fraction of sp³-hybridized carbons (Fsp3) is 0.222. The Labute approximate surface area is 134 Å². The molecule has 1 aromatic heterocycles. The minimum absolute atomic E-state index is 0.0181. The van der Waals surface area contributed by atoms with Gasteiger partial charge in [-0.05, 0) is 43.2 Å². The molecule has 118 valence electrons. The number of hydrogen-bond donors (Lipinski definition) is 1. The van der Waals surface area contributed by atoms with Gasteiger partial charge in [0.1, 0.15) is 11.3 Å². The number of nitrogens with one attached hydrogen (secondary N) is 1. The van der Waals surface area contributed by atoms with E-state index in [-0.39, 0.29) is 12.5 Å². The van der Waals surface area contributed by atoms with Gasteiger partial charge in [0.2, 0.25) is 0 Å². The van der Waals surface area contributed by atoms with E-state index >= 15 is 0 Å². The Morgan fingerprint density at radius 1 is 1.22 bits per heavy atom. The van der Waals surface area contributed by atoms with Crippen LogP contribution in [0.1, 0.15) is 11.1 Å². The topological polar surface area (TPSA) is 64.4 Å². The standard InChI is InChI=1S/C18H18N2O3/c1-13-2-5-15(6-3-13)22-11-18(21)19-9-8-14-4-7-16-17(10-14)23-12-20-16/h2-7,10,12H,8-9,11H2,1H3,(H,19,21). The maximum Gasteiger partial charge on any atom is 0.257 e. The average Bonchev–Trinajstić information content (AvgIpc) is 3.02. The molecule has 0 fully saturated rings. The summed E-state index contributed by atoms with van der Waals surface area (Å²) < 4.78 is 10.7. The molecule has 5 heteroatoms. The van der Waals surface area contributed by atoms with Crippen LogP contribution in [-0.2, 0) is 11.2 Å². The summed E-state index contributed by atoms with van der Waals surface area (Å²) in [5, 5.41) is 2.84. The number of hydrogen-bond acceptors (Lipinski definition) is 4. The Hall–Kier alpha value is -2.82. The normalized spacial score (nSPS) is 10.7. The fourth-order valence-corrected chi connectivity index (χ4v) is 2.24. The van der Waals surface area contributed by atoms with Gasteiger partial charge < -0.3 is 14.5 Å². The molecule has 0 unspecified atom stereocenters. The van der Waals surface area contributed by atoms with Crippen molar-refractivity contribution in [2.24, 2.45) is 0 Å². The zero-order valence-corrected chi connectivity index (χ0v) is 12.9. The first-order valence-electron chi connectivity index (χ1n) is 7.49. The summed E-state index contributed by atoms with van der Waals surface area (Å²) in [6, 6.07) is 13.5. The number of nitrogens with zero attached hydrogens (tertiary/aromatic N) is 1. The van der Waals surface area contributed by atoms with Gasteiger partial charge in [0, 0.05) is 6.54 Å². The van der Waals surface area contributed by atoms with Crippen molar-refractivity contribution in [3.05, 3.63) is 60.0 Å². The first-order chi connectivity index (χ1) is 11.2. The molecule has 0 bridgehead atoms. The number of aryl methyl sites for hydroxylation is 1. The van der Waals surface area contributed by atoms with Crippen molar-refractivity contribution in [2.45, 2.75) is 13.3 Å². The minimum Gasteiger partial charge on any atom is -0.484 e. The first-order valence-corrected chi connectivity index (χ1v) is 7.49. The summed E-state index contributed by atoms with van der Waals surface area (Å²) in [5.41, 5.74) is 3.85. The lowest BCUT2D eigenvalue weighted by atomic mass is 10.1. The molecule has 0 aliphatic rings. The van der Waals surface area contributed by atoms with E-state index in [2.05, 4.69) is 10.3 Å². The number of rotatable bonds is 6. The largest absolute Gasteiger partial charge is 0.484 e. The Balaban J connectivity index is 1.42. The third-order valence-corrected chi connectivity index (χ3v) is 3.52. The van der Waals surface area contributed by atoms with E-state index < -0.39 is 0 Å². The molecule has 0 saturated heterocycles. The summed E-state index contributed by atoms with van der Waals surface area (Å²) in [7, 11) is 0. The maximum atomic E-state index is 11.8. The Morgan fingerprint density at radius 2 is 2.04 bits per heavy atom. The predicted octanol–water partition coefficient (Wildman–Crippen LogP) is 2.87. The third-order valence-electron chi connectivity index (χ3n) is 3.52. The molecule has 3 rings (SSSR count). The zero-order chi connectivity index (χ0) is 16.1. The van der Waals surface area contributed by atoms with Crippen molar-refractivity contribution in [1.29, 1.82) is 0 Å². The molecule has 0 radical (unpaired) electrons. The number of aromatic nitrogens is 1. The number of carbonyl (C=O) groups excluding carboxylic acids is 1. The van der Waals surface area contributed by atoms with Crippen LogP contribution in [0.15, 0.2) is 53.3 Å². The van der Waals surface area contributed by atoms with Gasteiger partial charge in [-0.3, -0.25) is 4.79 Å². The van der Waals surface area contributed by atoms with Crippen LogP contribution in [0.3, 0.4) is 0 Å². The molecule has 5 nitrogen and oxygen atoms in total. The molecule has 23 heavy (non-hydrogen) atoms. The number of amides is 1. The number of ether oxygens (including phenoxy) is 1. The van der Waals surface area contributed by atoms with Crippen molar-refractivity contribution in [2.75, 3.05) is 13.2 Å². The SMILES string of the molecule is Cc1ccc(OCC(=O)NCCc2ccc3ncoc3c2)cc1. The molecule has 3 aromatic rings. The van der Waals surface area contributed by atoms with Gasteiger partial charge in [-0.15, -0.1) is 0 Å². The molecule has 2 aromatic carbocycles. The van der Waals surface area contributed by atoms with E-state index in [4.69, 9.17) is 9.15 Å².